The van der Waals surface area contributed by atoms with Crippen LogP contribution in [0.4, 0.5) is 0 Å². The molecule has 0 saturated heterocycles. The van der Waals surface area contributed by atoms with Crippen molar-refractivity contribution in [3.8, 4) is 0 Å². The molecule has 3 nitrogen and oxygen atoms in total. The third-order valence-electron chi connectivity index (χ3n) is 2.58. The second-order valence-corrected chi connectivity index (χ2v) is 4.75. The lowest BCUT2D eigenvalue weighted by molar-refractivity contribution is -0.141. The first kappa shape index (κ1) is 14.3. The Morgan fingerprint density at radius 2 is 2.12 bits per heavy atom. The van der Waals surface area contributed by atoms with Gasteiger partial charge in [0.1, 0.15) is 0 Å². The topological polar surface area (TPSA) is 63.3 Å². The van der Waals surface area contributed by atoms with E-state index in [1.807, 2.05) is 0 Å². The Kier molecular flexibility index (Phi) is 5.75. The maximum Gasteiger partial charge on any atom is 0.306 e. The Bertz CT molecular complexity index is 396. The van der Waals surface area contributed by atoms with Gasteiger partial charge in [0.15, 0.2) is 0 Å². The predicted octanol–water partition coefficient (Wildman–Crippen LogP) is 2.98. The number of halogens is 2. The van der Waals surface area contributed by atoms with Crippen molar-refractivity contribution in [1.29, 1.82) is 0 Å². The van der Waals surface area contributed by atoms with Crippen molar-refractivity contribution in [2.24, 2.45) is 11.7 Å². The van der Waals surface area contributed by atoms with Crippen LogP contribution in [-0.2, 0) is 11.2 Å². The first-order valence-electron chi connectivity index (χ1n) is 5.41. The number of hydrogen-bond donors (Lipinski definition) is 2. The van der Waals surface area contributed by atoms with Gasteiger partial charge in [-0.25, -0.2) is 0 Å². The first-order valence-corrected chi connectivity index (χ1v) is 6.17. The van der Waals surface area contributed by atoms with Gasteiger partial charge in [-0.2, -0.15) is 0 Å². The summed E-state index contributed by atoms with van der Waals surface area (Å²) >= 11 is 11.9. The van der Waals surface area contributed by atoms with Crippen molar-refractivity contribution in [2.45, 2.75) is 19.3 Å². The molecule has 0 saturated carbocycles. The highest BCUT2D eigenvalue weighted by atomic mass is 35.5. The third-order valence-corrected chi connectivity index (χ3v) is 3.18. The van der Waals surface area contributed by atoms with Gasteiger partial charge in [0.2, 0.25) is 0 Å². The molecule has 1 unspecified atom stereocenters. The predicted molar refractivity (Wildman–Crippen MR) is 69.6 cm³/mol. The number of carboxylic acids is 1. The molecule has 0 aliphatic carbocycles. The van der Waals surface area contributed by atoms with Gasteiger partial charge in [-0.3, -0.25) is 4.79 Å². The van der Waals surface area contributed by atoms with E-state index >= 15 is 0 Å². The van der Waals surface area contributed by atoms with E-state index in [1.165, 1.54) is 0 Å². The molecule has 1 aromatic rings. The lowest BCUT2D eigenvalue weighted by Crippen LogP contribution is -2.18. The molecule has 0 heterocycles. The van der Waals surface area contributed by atoms with E-state index in [0.717, 1.165) is 5.56 Å². The molecule has 0 radical (unpaired) electrons. The maximum absolute atomic E-state index is 11.1. The molecule has 0 bridgehead atoms. The number of hydrogen-bond acceptors (Lipinski definition) is 2. The minimum absolute atomic E-state index is 0.384. The van der Waals surface area contributed by atoms with E-state index in [4.69, 9.17) is 34.0 Å². The van der Waals surface area contributed by atoms with Crippen LogP contribution in [0, 0.1) is 5.92 Å². The number of nitrogens with two attached hydrogens (primary N) is 1. The Morgan fingerprint density at radius 3 is 2.71 bits per heavy atom. The molecule has 0 fully saturated rings. The minimum atomic E-state index is -0.825. The van der Waals surface area contributed by atoms with Crippen molar-refractivity contribution >= 4 is 29.2 Å². The van der Waals surface area contributed by atoms with Gasteiger partial charge >= 0.3 is 5.97 Å². The molecular weight excluding hydrogens is 261 g/mol. The number of carbonyl (C=O) groups is 1. The minimum Gasteiger partial charge on any atom is -0.481 e. The summed E-state index contributed by atoms with van der Waals surface area (Å²) in [5.41, 5.74) is 6.15. The monoisotopic (exact) mass is 275 g/mol. The molecule has 0 aromatic heterocycles. The lowest BCUT2D eigenvalue weighted by Gasteiger charge is -2.13. The fraction of sp³-hybridized carbons (Fsp3) is 0.417. The molecule has 0 spiro atoms. The van der Waals surface area contributed by atoms with Gasteiger partial charge in [0, 0.05) is 10.0 Å². The van der Waals surface area contributed by atoms with Gasteiger partial charge in [-0.15, -0.1) is 0 Å². The number of rotatable bonds is 6. The molecule has 94 valence electrons. The third kappa shape index (κ3) is 4.54. The molecule has 1 atom stereocenters. The van der Waals surface area contributed by atoms with Gasteiger partial charge < -0.3 is 10.8 Å². The second kappa shape index (κ2) is 6.84. The van der Waals surface area contributed by atoms with Gasteiger partial charge in [0.25, 0.3) is 0 Å². The van der Waals surface area contributed by atoms with Crippen LogP contribution in [0.1, 0.15) is 18.4 Å². The molecule has 0 amide bonds. The van der Waals surface area contributed by atoms with Gasteiger partial charge in [0.05, 0.1) is 5.92 Å². The van der Waals surface area contributed by atoms with E-state index in [2.05, 4.69) is 0 Å². The van der Waals surface area contributed by atoms with E-state index in [0.29, 0.717) is 35.9 Å². The van der Waals surface area contributed by atoms with Crippen LogP contribution in [0.5, 0.6) is 0 Å². The van der Waals surface area contributed by atoms with Crippen LogP contribution < -0.4 is 5.73 Å². The highest BCUT2D eigenvalue weighted by molar-refractivity contribution is 6.33. The largest absolute Gasteiger partial charge is 0.481 e. The molecule has 5 heteroatoms. The first-order chi connectivity index (χ1) is 8.04. The Balaban J connectivity index is 2.78. The lowest BCUT2D eigenvalue weighted by atomic mass is 9.95. The molecular formula is C12H15Cl2NO2. The maximum atomic E-state index is 11.1. The zero-order valence-corrected chi connectivity index (χ0v) is 10.8. The molecule has 1 rings (SSSR count). The summed E-state index contributed by atoms with van der Waals surface area (Å²) in [6, 6.07) is 5.08. The molecule has 1 aromatic carbocycles. The van der Waals surface area contributed by atoms with Crippen LogP contribution in [0.15, 0.2) is 18.2 Å². The van der Waals surface area contributed by atoms with Crippen LogP contribution in [0.2, 0.25) is 10.0 Å². The summed E-state index contributed by atoms with van der Waals surface area (Å²) in [6.45, 7) is 0.493. The Morgan fingerprint density at radius 1 is 1.41 bits per heavy atom. The van der Waals surface area contributed by atoms with E-state index in [9.17, 15) is 4.79 Å². The summed E-state index contributed by atoms with van der Waals surface area (Å²) in [5, 5.41) is 10.2. The van der Waals surface area contributed by atoms with Crippen LogP contribution >= 0.6 is 23.2 Å². The average Bonchev–Trinajstić information content (AvgIpc) is 2.28. The van der Waals surface area contributed by atoms with Crippen LogP contribution in [0.25, 0.3) is 0 Å². The highest BCUT2D eigenvalue weighted by Crippen LogP contribution is 2.24. The fourth-order valence-corrected chi connectivity index (χ4v) is 2.03. The summed E-state index contributed by atoms with van der Waals surface area (Å²) in [6.07, 6.45) is 1.62. The Hall–Kier alpha value is -0.770. The number of carboxylic acid groups (broad SMARTS) is 1. The molecule has 0 aliphatic heterocycles. The highest BCUT2D eigenvalue weighted by Gasteiger charge is 2.18. The summed E-state index contributed by atoms with van der Waals surface area (Å²) in [7, 11) is 0. The standard InChI is InChI=1S/C12H15Cl2NO2/c13-10-3-4-11(14)9(7-10)6-8(12(16)17)2-1-5-15/h3-4,7-8H,1-2,5-6,15H2,(H,16,17). The molecule has 0 aliphatic rings. The Labute approximate surface area is 111 Å². The van der Waals surface area contributed by atoms with Crippen LogP contribution in [-0.4, -0.2) is 17.6 Å². The van der Waals surface area contributed by atoms with Crippen molar-refractivity contribution in [1.82, 2.24) is 0 Å². The van der Waals surface area contributed by atoms with E-state index in [-0.39, 0.29) is 0 Å². The summed E-state index contributed by atoms with van der Waals surface area (Å²) in [4.78, 5) is 11.1. The van der Waals surface area contributed by atoms with E-state index in [1.54, 1.807) is 18.2 Å². The molecule has 3 N–H and O–H groups in total. The normalized spacial score (nSPS) is 12.4. The zero-order chi connectivity index (χ0) is 12.8. The average molecular weight is 276 g/mol. The molecule has 17 heavy (non-hydrogen) atoms. The number of benzene rings is 1. The number of aliphatic carboxylic acids is 1. The summed E-state index contributed by atoms with van der Waals surface area (Å²) in [5.74, 6) is -1.29. The van der Waals surface area contributed by atoms with Gasteiger partial charge in [-0.05, 0) is 49.6 Å². The smallest absolute Gasteiger partial charge is 0.306 e. The fourth-order valence-electron chi connectivity index (χ4n) is 1.64. The van der Waals surface area contributed by atoms with Crippen molar-refractivity contribution in [2.75, 3.05) is 6.54 Å². The second-order valence-electron chi connectivity index (χ2n) is 3.91. The zero-order valence-electron chi connectivity index (χ0n) is 9.33. The van der Waals surface area contributed by atoms with Gasteiger partial charge in [-0.1, -0.05) is 23.2 Å². The van der Waals surface area contributed by atoms with Crippen molar-refractivity contribution in [3.05, 3.63) is 33.8 Å². The SMILES string of the molecule is NCCCC(Cc1cc(Cl)ccc1Cl)C(=O)O. The summed E-state index contributed by atoms with van der Waals surface area (Å²) < 4.78 is 0. The van der Waals surface area contributed by atoms with Crippen molar-refractivity contribution in [3.63, 3.8) is 0 Å². The van der Waals surface area contributed by atoms with Crippen LogP contribution in [0.3, 0.4) is 0 Å². The van der Waals surface area contributed by atoms with E-state index < -0.39 is 11.9 Å². The van der Waals surface area contributed by atoms with Crippen molar-refractivity contribution < 1.29 is 9.90 Å². The quantitative estimate of drug-likeness (QED) is 0.839.